The molecule has 0 saturated carbocycles. The van der Waals surface area contributed by atoms with Crippen LogP contribution in [0.1, 0.15) is 26.7 Å². The fraction of sp³-hybridized carbons (Fsp3) is 0.308. The van der Waals surface area contributed by atoms with Gasteiger partial charge in [0.05, 0.1) is 11.3 Å². The number of hydrogen-bond acceptors (Lipinski definition) is 5. The van der Waals surface area contributed by atoms with Crippen LogP contribution in [0.4, 0.5) is 5.69 Å². The molecule has 1 aromatic rings. The molecule has 120 valence electrons. The van der Waals surface area contributed by atoms with Crippen molar-refractivity contribution in [2.75, 3.05) is 5.32 Å². The number of carboxylic acids is 1. The summed E-state index contributed by atoms with van der Waals surface area (Å²) in [5.74, 6) is -1.24. The van der Waals surface area contributed by atoms with Crippen LogP contribution in [0.5, 0.6) is 0 Å². The third-order valence-corrected chi connectivity index (χ3v) is 3.77. The first kappa shape index (κ1) is 17.6. The van der Waals surface area contributed by atoms with Crippen molar-refractivity contribution in [2.24, 2.45) is 5.10 Å². The Morgan fingerprint density at radius 3 is 2.23 bits per heavy atom. The van der Waals surface area contributed by atoms with Gasteiger partial charge in [0.15, 0.2) is 0 Å². The molecule has 1 aromatic carbocycles. The van der Waals surface area contributed by atoms with Crippen LogP contribution in [0.15, 0.2) is 34.3 Å². The number of anilines is 1. The Morgan fingerprint density at radius 1 is 1.14 bits per heavy atom. The van der Waals surface area contributed by atoms with Crippen molar-refractivity contribution in [1.82, 2.24) is 4.83 Å². The number of amides is 1. The summed E-state index contributed by atoms with van der Waals surface area (Å²) in [5.41, 5.74) is 0.841. The maximum Gasteiger partial charge on any atom is 0.303 e. The maximum atomic E-state index is 12.0. The fourth-order valence-electron chi connectivity index (χ4n) is 1.46. The molecule has 0 heterocycles. The molecular weight excluding hydrogens is 310 g/mol. The first-order valence-electron chi connectivity index (χ1n) is 6.35. The van der Waals surface area contributed by atoms with Crippen molar-refractivity contribution in [2.45, 2.75) is 31.6 Å². The summed E-state index contributed by atoms with van der Waals surface area (Å²) in [7, 11) is -3.84. The predicted molar refractivity (Wildman–Crippen MR) is 81.0 cm³/mol. The monoisotopic (exact) mass is 327 g/mol. The average Bonchev–Trinajstić information content (AvgIpc) is 2.43. The van der Waals surface area contributed by atoms with Crippen LogP contribution < -0.4 is 10.1 Å². The van der Waals surface area contributed by atoms with Gasteiger partial charge in [0.25, 0.3) is 10.0 Å². The van der Waals surface area contributed by atoms with E-state index in [0.717, 1.165) is 0 Å². The molecule has 0 unspecified atom stereocenters. The van der Waals surface area contributed by atoms with E-state index >= 15 is 0 Å². The van der Waals surface area contributed by atoms with Crippen molar-refractivity contribution in [3.63, 3.8) is 0 Å². The van der Waals surface area contributed by atoms with E-state index in [0.29, 0.717) is 11.4 Å². The van der Waals surface area contributed by atoms with E-state index in [1.807, 2.05) is 4.83 Å². The zero-order valence-corrected chi connectivity index (χ0v) is 13.0. The molecule has 9 heteroatoms. The molecule has 0 saturated heterocycles. The Kier molecular flexibility index (Phi) is 6.05. The van der Waals surface area contributed by atoms with Crippen LogP contribution in [-0.4, -0.2) is 31.1 Å². The van der Waals surface area contributed by atoms with Crippen LogP contribution in [0.25, 0.3) is 0 Å². The summed E-state index contributed by atoms with van der Waals surface area (Å²) < 4.78 is 24.0. The van der Waals surface area contributed by atoms with Crippen LogP contribution in [0, 0.1) is 0 Å². The van der Waals surface area contributed by atoms with Gasteiger partial charge in [0.2, 0.25) is 5.91 Å². The summed E-state index contributed by atoms with van der Waals surface area (Å²) in [6.07, 6.45) is 0.0296. The van der Waals surface area contributed by atoms with Crippen LogP contribution in [0.3, 0.4) is 0 Å². The van der Waals surface area contributed by atoms with Gasteiger partial charge in [-0.2, -0.15) is 13.5 Å². The van der Waals surface area contributed by atoms with E-state index in [9.17, 15) is 18.0 Å². The number of carbonyl (C=O) groups is 2. The predicted octanol–water partition coefficient (Wildman–Crippen LogP) is 1.16. The zero-order valence-electron chi connectivity index (χ0n) is 12.2. The van der Waals surface area contributed by atoms with E-state index in [2.05, 4.69) is 10.4 Å². The van der Waals surface area contributed by atoms with Crippen molar-refractivity contribution in [3.05, 3.63) is 24.3 Å². The molecule has 0 aliphatic heterocycles. The first-order chi connectivity index (χ1) is 10.2. The third kappa shape index (κ3) is 5.92. The Balaban J connectivity index is 2.75. The maximum absolute atomic E-state index is 12.0. The average molecular weight is 327 g/mol. The highest BCUT2D eigenvalue weighted by Gasteiger charge is 2.13. The molecular formula is C13H17N3O5S. The number of carboxylic acid groups (broad SMARTS) is 1. The van der Waals surface area contributed by atoms with Crippen molar-refractivity contribution >= 4 is 33.3 Å². The first-order valence-corrected chi connectivity index (χ1v) is 7.83. The molecule has 8 nitrogen and oxygen atoms in total. The van der Waals surface area contributed by atoms with E-state index in [1.54, 1.807) is 0 Å². The highest BCUT2D eigenvalue weighted by molar-refractivity contribution is 7.89. The Bertz CT molecular complexity index is 680. The minimum Gasteiger partial charge on any atom is -0.481 e. The molecule has 0 fully saturated rings. The minimum absolute atomic E-state index is 0.0172. The van der Waals surface area contributed by atoms with Crippen molar-refractivity contribution in [3.8, 4) is 0 Å². The number of aliphatic carboxylic acids is 1. The van der Waals surface area contributed by atoms with Crippen LogP contribution in [-0.2, 0) is 19.6 Å². The number of hydrazone groups is 1. The van der Waals surface area contributed by atoms with Gasteiger partial charge in [-0.05, 0) is 37.6 Å². The van der Waals surface area contributed by atoms with Crippen LogP contribution >= 0.6 is 0 Å². The topological polar surface area (TPSA) is 125 Å². The number of nitrogens with zero attached hydrogens (tertiary/aromatic N) is 1. The molecule has 0 aromatic heterocycles. The highest BCUT2D eigenvalue weighted by Crippen LogP contribution is 2.14. The SMILES string of the molecule is CC(=O)Nc1ccc(S(=O)(=O)NN=C(C)CCC(=O)O)cc1. The second-order valence-corrected chi connectivity index (χ2v) is 6.20. The van der Waals surface area contributed by atoms with Gasteiger partial charge in [-0.15, -0.1) is 0 Å². The van der Waals surface area contributed by atoms with Gasteiger partial charge >= 0.3 is 5.97 Å². The second-order valence-electron chi connectivity index (χ2n) is 4.54. The van der Waals surface area contributed by atoms with Gasteiger partial charge < -0.3 is 10.4 Å². The summed E-state index contributed by atoms with van der Waals surface area (Å²) in [5, 5.41) is 14.7. The lowest BCUT2D eigenvalue weighted by Crippen LogP contribution is -2.20. The van der Waals surface area contributed by atoms with Gasteiger partial charge in [-0.1, -0.05) is 0 Å². The van der Waals surface area contributed by atoms with Crippen molar-refractivity contribution < 1.29 is 23.1 Å². The quantitative estimate of drug-likeness (QED) is 0.512. The number of hydrogen-bond donors (Lipinski definition) is 3. The number of sulfonamides is 1. The lowest BCUT2D eigenvalue weighted by molar-refractivity contribution is -0.136. The molecule has 0 atom stereocenters. The van der Waals surface area contributed by atoms with Gasteiger partial charge in [0, 0.05) is 18.3 Å². The highest BCUT2D eigenvalue weighted by atomic mass is 32.2. The van der Waals surface area contributed by atoms with Gasteiger partial charge in [0.1, 0.15) is 0 Å². The summed E-state index contributed by atoms with van der Waals surface area (Å²) in [4.78, 5) is 23.3. The molecule has 0 spiro atoms. The molecule has 0 radical (unpaired) electrons. The molecule has 0 bridgehead atoms. The number of carbonyl (C=O) groups excluding carboxylic acids is 1. The second kappa shape index (κ2) is 7.55. The number of rotatable bonds is 7. The van der Waals surface area contributed by atoms with Crippen molar-refractivity contribution in [1.29, 1.82) is 0 Å². The van der Waals surface area contributed by atoms with Gasteiger partial charge in [-0.25, -0.2) is 4.83 Å². The lowest BCUT2D eigenvalue weighted by Gasteiger charge is -2.06. The van der Waals surface area contributed by atoms with E-state index < -0.39 is 16.0 Å². The van der Waals surface area contributed by atoms with Crippen LogP contribution in [0.2, 0.25) is 0 Å². The molecule has 22 heavy (non-hydrogen) atoms. The number of benzene rings is 1. The molecule has 1 rings (SSSR count). The normalized spacial score (nSPS) is 11.8. The summed E-state index contributed by atoms with van der Waals surface area (Å²) in [6, 6.07) is 5.57. The summed E-state index contributed by atoms with van der Waals surface area (Å²) in [6.45, 7) is 2.88. The molecule has 1 amide bonds. The smallest absolute Gasteiger partial charge is 0.303 e. The molecule has 0 aliphatic carbocycles. The molecule has 0 aliphatic rings. The Labute approximate surface area is 128 Å². The lowest BCUT2D eigenvalue weighted by atomic mass is 10.2. The van der Waals surface area contributed by atoms with Gasteiger partial charge in [-0.3, -0.25) is 9.59 Å². The Hall–Kier alpha value is -2.42. The summed E-state index contributed by atoms with van der Waals surface area (Å²) >= 11 is 0. The number of nitrogens with one attached hydrogen (secondary N) is 2. The zero-order chi connectivity index (χ0) is 16.8. The standard InChI is InChI=1S/C13H17N3O5S/c1-9(3-8-13(18)19)15-16-22(20,21)12-6-4-11(5-7-12)14-10(2)17/h4-7,16H,3,8H2,1-2H3,(H,14,17)(H,18,19). The molecule has 3 N–H and O–H groups in total. The van der Waals surface area contributed by atoms with E-state index in [-0.39, 0.29) is 23.6 Å². The van der Waals surface area contributed by atoms with E-state index in [4.69, 9.17) is 5.11 Å². The van der Waals surface area contributed by atoms with E-state index in [1.165, 1.54) is 38.1 Å². The third-order valence-electron chi connectivity index (χ3n) is 2.54. The Morgan fingerprint density at radius 2 is 1.73 bits per heavy atom. The largest absolute Gasteiger partial charge is 0.481 e. The fourth-order valence-corrected chi connectivity index (χ4v) is 2.33. The minimum atomic E-state index is -3.84.